The fourth-order valence-corrected chi connectivity index (χ4v) is 1.79. The molecule has 0 bridgehead atoms. The number of nitrogens with one attached hydrogen (secondary N) is 3. The summed E-state index contributed by atoms with van der Waals surface area (Å²) in [4.78, 5) is 17.9. The van der Waals surface area contributed by atoms with Gasteiger partial charge in [-0.05, 0) is 13.0 Å². The third-order valence-corrected chi connectivity index (χ3v) is 2.46. The Kier molecular flexibility index (Phi) is 2.49. The molecule has 0 amide bonds. The first-order valence-corrected chi connectivity index (χ1v) is 4.82. The van der Waals surface area contributed by atoms with Crippen LogP contribution in [-0.4, -0.2) is 30.1 Å². The van der Waals surface area contributed by atoms with Crippen LogP contribution < -0.4 is 16.3 Å². The number of fused-ring (bicyclic) bond motifs is 1. The maximum Gasteiger partial charge on any atom is 0.347 e. The molecule has 0 radical (unpaired) electrons. The number of anilines is 1. The van der Waals surface area contributed by atoms with Gasteiger partial charge in [-0.1, -0.05) is 0 Å². The molecule has 0 atom stereocenters. The summed E-state index contributed by atoms with van der Waals surface area (Å²) in [6.45, 7) is 1.85. The number of H-pyrrole nitrogens is 1. The zero-order valence-corrected chi connectivity index (χ0v) is 8.18. The average molecular weight is 194 g/mol. The number of aromatic nitrogens is 2. The first-order valence-electron chi connectivity index (χ1n) is 4.82. The number of nitrogens with zero attached hydrogens (tertiary/aromatic N) is 1. The van der Waals surface area contributed by atoms with Crippen LogP contribution in [0.15, 0.2) is 4.79 Å². The minimum Gasteiger partial charge on any atom is -0.373 e. The van der Waals surface area contributed by atoms with Crippen LogP contribution in [0.2, 0.25) is 0 Å². The minimum atomic E-state index is -0.269. The molecule has 5 heteroatoms. The van der Waals surface area contributed by atoms with E-state index in [-0.39, 0.29) is 5.69 Å². The summed E-state index contributed by atoms with van der Waals surface area (Å²) in [5.41, 5.74) is 1.88. The zero-order chi connectivity index (χ0) is 9.97. The largest absolute Gasteiger partial charge is 0.373 e. The Balaban J connectivity index is 2.52. The first-order chi connectivity index (χ1) is 6.81. The normalized spacial score (nSPS) is 15.8. The molecule has 0 aliphatic carbocycles. The molecule has 76 valence electrons. The van der Waals surface area contributed by atoms with Gasteiger partial charge < -0.3 is 15.6 Å². The molecule has 1 aliphatic heterocycles. The van der Waals surface area contributed by atoms with Crippen molar-refractivity contribution in [3.8, 4) is 0 Å². The Morgan fingerprint density at radius 1 is 1.36 bits per heavy atom. The molecule has 1 aromatic heterocycles. The van der Waals surface area contributed by atoms with Crippen molar-refractivity contribution in [2.24, 2.45) is 0 Å². The van der Waals surface area contributed by atoms with Crippen LogP contribution in [0.4, 0.5) is 5.82 Å². The van der Waals surface area contributed by atoms with Crippen molar-refractivity contribution >= 4 is 5.82 Å². The second-order valence-electron chi connectivity index (χ2n) is 3.35. The summed E-state index contributed by atoms with van der Waals surface area (Å²) in [5, 5.41) is 6.25. The van der Waals surface area contributed by atoms with Crippen LogP contribution >= 0.6 is 0 Å². The van der Waals surface area contributed by atoms with Crippen LogP contribution in [0.5, 0.6) is 0 Å². The van der Waals surface area contributed by atoms with Gasteiger partial charge in [0, 0.05) is 31.3 Å². The van der Waals surface area contributed by atoms with Gasteiger partial charge >= 0.3 is 5.69 Å². The summed E-state index contributed by atoms with van der Waals surface area (Å²) in [5.74, 6) is 0.715. The van der Waals surface area contributed by atoms with E-state index in [0.29, 0.717) is 5.82 Å². The second kappa shape index (κ2) is 3.79. The van der Waals surface area contributed by atoms with Crippen LogP contribution in [0, 0.1) is 0 Å². The van der Waals surface area contributed by atoms with Gasteiger partial charge in [0.2, 0.25) is 0 Å². The van der Waals surface area contributed by atoms with Crippen molar-refractivity contribution < 1.29 is 0 Å². The smallest absolute Gasteiger partial charge is 0.347 e. The van der Waals surface area contributed by atoms with Crippen molar-refractivity contribution in [2.45, 2.75) is 12.8 Å². The number of hydrogen-bond acceptors (Lipinski definition) is 4. The number of rotatable bonds is 1. The van der Waals surface area contributed by atoms with Gasteiger partial charge in [-0.3, -0.25) is 0 Å². The Labute approximate surface area is 82.0 Å². The maximum absolute atomic E-state index is 11.2. The molecule has 0 spiro atoms. The lowest BCUT2D eigenvalue weighted by molar-refractivity contribution is 0.708. The standard InChI is InChI=1S/C9H14N4O/c1-10-8-6-2-4-11-5-3-7(6)12-9(14)13-8/h11H,2-5H2,1H3,(H2,10,12,13,14). The number of aromatic amines is 1. The van der Waals surface area contributed by atoms with E-state index in [1.54, 1.807) is 7.05 Å². The van der Waals surface area contributed by atoms with Gasteiger partial charge in [-0.25, -0.2) is 4.79 Å². The molecule has 2 heterocycles. The molecule has 2 rings (SSSR count). The van der Waals surface area contributed by atoms with E-state index in [4.69, 9.17) is 0 Å². The highest BCUT2D eigenvalue weighted by Gasteiger charge is 2.13. The molecule has 14 heavy (non-hydrogen) atoms. The van der Waals surface area contributed by atoms with E-state index in [9.17, 15) is 4.79 Å². The van der Waals surface area contributed by atoms with Gasteiger partial charge in [-0.2, -0.15) is 4.98 Å². The Morgan fingerprint density at radius 3 is 2.93 bits per heavy atom. The Morgan fingerprint density at radius 2 is 2.14 bits per heavy atom. The zero-order valence-electron chi connectivity index (χ0n) is 8.18. The highest BCUT2D eigenvalue weighted by atomic mass is 16.1. The quantitative estimate of drug-likeness (QED) is 0.563. The fourth-order valence-electron chi connectivity index (χ4n) is 1.79. The van der Waals surface area contributed by atoms with E-state index in [2.05, 4.69) is 20.6 Å². The Hall–Kier alpha value is -1.36. The lowest BCUT2D eigenvalue weighted by Crippen LogP contribution is -2.18. The summed E-state index contributed by atoms with van der Waals surface area (Å²) >= 11 is 0. The first kappa shape index (κ1) is 9.21. The van der Waals surface area contributed by atoms with Crippen molar-refractivity contribution in [3.05, 3.63) is 21.7 Å². The monoisotopic (exact) mass is 194 g/mol. The van der Waals surface area contributed by atoms with E-state index in [1.165, 1.54) is 0 Å². The van der Waals surface area contributed by atoms with Crippen LogP contribution in [-0.2, 0) is 12.8 Å². The molecular formula is C9H14N4O. The van der Waals surface area contributed by atoms with E-state index >= 15 is 0 Å². The average Bonchev–Trinajstić information content (AvgIpc) is 2.41. The van der Waals surface area contributed by atoms with E-state index in [0.717, 1.165) is 37.2 Å². The van der Waals surface area contributed by atoms with Crippen LogP contribution in [0.1, 0.15) is 11.3 Å². The molecule has 1 aromatic rings. The fraction of sp³-hybridized carbons (Fsp3) is 0.556. The number of hydrogen-bond donors (Lipinski definition) is 3. The van der Waals surface area contributed by atoms with Gasteiger partial charge in [0.15, 0.2) is 0 Å². The van der Waals surface area contributed by atoms with E-state index < -0.39 is 0 Å². The molecule has 5 nitrogen and oxygen atoms in total. The molecule has 0 unspecified atom stereocenters. The molecule has 0 fully saturated rings. The molecule has 1 aliphatic rings. The molecule has 0 saturated carbocycles. The molecule has 0 saturated heterocycles. The van der Waals surface area contributed by atoms with Gasteiger partial charge in [0.1, 0.15) is 5.82 Å². The maximum atomic E-state index is 11.2. The summed E-state index contributed by atoms with van der Waals surface area (Å²) in [6.07, 6.45) is 1.77. The van der Waals surface area contributed by atoms with Crippen molar-refractivity contribution in [1.29, 1.82) is 0 Å². The lowest BCUT2D eigenvalue weighted by atomic mass is 10.1. The minimum absolute atomic E-state index is 0.269. The van der Waals surface area contributed by atoms with Crippen molar-refractivity contribution in [3.63, 3.8) is 0 Å². The van der Waals surface area contributed by atoms with Crippen molar-refractivity contribution in [1.82, 2.24) is 15.3 Å². The second-order valence-corrected chi connectivity index (χ2v) is 3.35. The third kappa shape index (κ3) is 1.63. The summed E-state index contributed by atoms with van der Waals surface area (Å²) in [7, 11) is 1.79. The third-order valence-electron chi connectivity index (χ3n) is 2.46. The highest BCUT2D eigenvalue weighted by Crippen LogP contribution is 2.15. The van der Waals surface area contributed by atoms with Crippen LogP contribution in [0.25, 0.3) is 0 Å². The summed E-state index contributed by atoms with van der Waals surface area (Å²) in [6, 6.07) is 0. The Bertz CT molecular complexity index is 385. The predicted octanol–water partition coefficient (Wildman–Crippen LogP) is -0.500. The SMILES string of the molecule is CNc1nc(=O)[nH]c2c1CCNCC2. The highest BCUT2D eigenvalue weighted by molar-refractivity contribution is 5.46. The molecular weight excluding hydrogens is 180 g/mol. The topological polar surface area (TPSA) is 69.8 Å². The van der Waals surface area contributed by atoms with Crippen molar-refractivity contribution in [2.75, 3.05) is 25.5 Å². The van der Waals surface area contributed by atoms with Gasteiger partial charge in [-0.15, -0.1) is 0 Å². The predicted molar refractivity (Wildman–Crippen MR) is 54.7 cm³/mol. The molecule has 0 aromatic carbocycles. The van der Waals surface area contributed by atoms with Gasteiger partial charge in [0.25, 0.3) is 0 Å². The summed E-state index contributed by atoms with van der Waals surface area (Å²) < 4.78 is 0. The van der Waals surface area contributed by atoms with E-state index in [1.807, 2.05) is 0 Å². The molecule has 3 N–H and O–H groups in total. The van der Waals surface area contributed by atoms with Crippen LogP contribution in [0.3, 0.4) is 0 Å². The van der Waals surface area contributed by atoms with Gasteiger partial charge in [0.05, 0.1) is 0 Å². The lowest BCUT2D eigenvalue weighted by Gasteiger charge is -2.08.